The van der Waals surface area contributed by atoms with Crippen LogP contribution in [0.25, 0.3) is 22.4 Å². The molecule has 5 rings (SSSR count). The Morgan fingerprint density at radius 2 is 1.80 bits per heavy atom. The number of aromatic nitrogens is 1. The molecular formula is C28H32FN3O3. The molecule has 2 amide bonds. The fourth-order valence-corrected chi connectivity index (χ4v) is 5.32. The quantitative estimate of drug-likeness (QED) is 0.528. The van der Waals surface area contributed by atoms with Crippen LogP contribution in [0.1, 0.15) is 75.4 Å². The number of amides is 2. The summed E-state index contributed by atoms with van der Waals surface area (Å²) in [6.45, 7) is 8.90. The Morgan fingerprint density at radius 1 is 1.11 bits per heavy atom. The normalized spacial score (nSPS) is 20.1. The van der Waals surface area contributed by atoms with E-state index in [9.17, 15) is 14.0 Å². The van der Waals surface area contributed by atoms with Gasteiger partial charge in [0.15, 0.2) is 11.3 Å². The number of benzene rings is 1. The first-order valence-electron chi connectivity index (χ1n) is 12.4. The number of nitrogens with zero attached hydrogens (tertiary/aromatic N) is 2. The molecule has 184 valence electrons. The van der Waals surface area contributed by atoms with E-state index in [1.165, 1.54) is 12.1 Å². The predicted molar refractivity (Wildman–Crippen MR) is 133 cm³/mol. The molecule has 0 unspecified atom stereocenters. The van der Waals surface area contributed by atoms with Crippen molar-refractivity contribution in [2.24, 2.45) is 5.41 Å². The van der Waals surface area contributed by atoms with Crippen molar-refractivity contribution < 1.29 is 18.4 Å². The SMILES string of the molecule is CC1(C)CCC(c2cc(-c3ccc(F)cc3)nc3cc(C(=O)N4CCNC(=O)C4(C)C)oc23)CC1. The molecule has 2 fully saturated rings. The number of piperazine rings is 1. The van der Waals surface area contributed by atoms with Crippen molar-refractivity contribution >= 4 is 22.9 Å². The van der Waals surface area contributed by atoms with Crippen LogP contribution in [-0.4, -0.2) is 40.3 Å². The molecule has 1 N–H and O–H groups in total. The van der Waals surface area contributed by atoms with Crippen LogP contribution in [0, 0.1) is 11.2 Å². The highest BCUT2D eigenvalue weighted by atomic mass is 19.1. The molecule has 35 heavy (non-hydrogen) atoms. The molecule has 1 aliphatic heterocycles. The fraction of sp³-hybridized carbons (Fsp3) is 0.464. The molecule has 6 nitrogen and oxygen atoms in total. The highest BCUT2D eigenvalue weighted by molar-refractivity contribution is 6.00. The van der Waals surface area contributed by atoms with Gasteiger partial charge in [-0.05, 0) is 81.2 Å². The summed E-state index contributed by atoms with van der Waals surface area (Å²) in [7, 11) is 0. The number of hydrogen-bond donors (Lipinski definition) is 1. The molecular weight excluding hydrogens is 445 g/mol. The van der Waals surface area contributed by atoms with E-state index in [-0.39, 0.29) is 23.4 Å². The van der Waals surface area contributed by atoms with Gasteiger partial charge in [-0.25, -0.2) is 9.37 Å². The van der Waals surface area contributed by atoms with E-state index in [0.29, 0.717) is 35.5 Å². The molecule has 1 aromatic carbocycles. The summed E-state index contributed by atoms with van der Waals surface area (Å²) in [5, 5.41) is 2.82. The third-order valence-corrected chi connectivity index (χ3v) is 7.73. The number of hydrogen-bond acceptors (Lipinski definition) is 4. The third-order valence-electron chi connectivity index (χ3n) is 7.73. The van der Waals surface area contributed by atoms with Gasteiger partial charge in [-0.2, -0.15) is 0 Å². The van der Waals surface area contributed by atoms with Gasteiger partial charge in [0.1, 0.15) is 16.9 Å². The molecule has 0 radical (unpaired) electrons. The molecule has 2 aliphatic rings. The summed E-state index contributed by atoms with van der Waals surface area (Å²) >= 11 is 0. The van der Waals surface area contributed by atoms with Crippen LogP contribution in [0.4, 0.5) is 4.39 Å². The van der Waals surface area contributed by atoms with E-state index in [2.05, 4.69) is 19.2 Å². The molecule has 1 saturated carbocycles. The summed E-state index contributed by atoms with van der Waals surface area (Å²) in [6.07, 6.45) is 4.27. The van der Waals surface area contributed by atoms with Crippen molar-refractivity contribution in [2.75, 3.05) is 13.1 Å². The highest BCUT2D eigenvalue weighted by Gasteiger charge is 2.42. The van der Waals surface area contributed by atoms with Crippen molar-refractivity contribution in [3.05, 3.63) is 53.5 Å². The van der Waals surface area contributed by atoms with Crippen LogP contribution in [0.3, 0.4) is 0 Å². The number of pyridine rings is 1. The monoisotopic (exact) mass is 477 g/mol. The van der Waals surface area contributed by atoms with Crippen LogP contribution < -0.4 is 5.32 Å². The maximum absolute atomic E-state index is 13.6. The summed E-state index contributed by atoms with van der Waals surface area (Å²) in [4.78, 5) is 32.2. The van der Waals surface area contributed by atoms with Crippen LogP contribution in [0.5, 0.6) is 0 Å². The van der Waals surface area contributed by atoms with Crippen molar-refractivity contribution in [2.45, 2.75) is 64.8 Å². The number of rotatable bonds is 3. The van der Waals surface area contributed by atoms with Gasteiger partial charge in [0.05, 0.1) is 5.69 Å². The third kappa shape index (κ3) is 4.32. The number of fused-ring (bicyclic) bond motifs is 1. The second kappa shape index (κ2) is 8.47. The Kier molecular flexibility index (Phi) is 5.69. The number of carbonyl (C=O) groups is 2. The van der Waals surface area contributed by atoms with E-state index >= 15 is 0 Å². The summed E-state index contributed by atoms with van der Waals surface area (Å²) in [5.41, 5.74) is 3.16. The minimum atomic E-state index is -0.973. The van der Waals surface area contributed by atoms with E-state index < -0.39 is 5.54 Å². The van der Waals surface area contributed by atoms with Crippen LogP contribution >= 0.6 is 0 Å². The first-order chi connectivity index (χ1) is 16.5. The van der Waals surface area contributed by atoms with E-state index in [1.54, 1.807) is 36.9 Å². The number of furan rings is 1. The minimum absolute atomic E-state index is 0.184. The number of halogens is 1. The second-order valence-electron chi connectivity index (χ2n) is 11.1. The maximum atomic E-state index is 13.6. The topological polar surface area (TPSA) is 75.4 Å². The first kappa shape index (κ1) is 23.5. The number of nitrogens with one attached hydrogen (secondary N) is 1. The lowest BCUT2D eigenvalue weighted by atomic mass is 9.71. The summed E-state index contributed by atoms with van der Waals surface area (Å²) in [6, 6.07) is 10.0. The number of carbonyl (C=O) groups excluding carboxylic acids is 2. The molecule has 1 saturated heterocycles. The molecule has 3 heterocycles. The Hall–Kier alpha value is -3.22. The zero-order valence-corrected chi connectivity index (χ0v) is 20.8. The lowest BCUT2D eigenvalue weighted by Gasteiger charge is -2.40. The van der Waals surface area contributed by atoms with Crippen molar-refractivity contribution in [3.8, 4) is 11.3 Å². The highest BCUT2D eigenvalue weighted by Crippen LogP contribution is 2.45. The Morgan fingerprint density at radius 3 is 2.49 bits per heavy atom. The minimum Gasteiger partial charge on any atom is -0.449 e. The van der Waals surface area contributed by atoms with E-state index in [1.807, 2.05) is 6.07 Å². The lowest BCUT2D eigenvalue weighted by molar-refractivity contribution is -0.133. The molecule has 0 spiro atoms. The zero-order valence-electron chi connectivity index (χ0n) is 20.8. The largest absolute Gasteiger partial charge is 0.449 e. The van der Waals surface area contributed by atoms with Gasteiger partial charge in [-0.15, -0.1) is 0 Å². The maximum Gasteiger partial charge on any atom is 0.290 e. The van der Waals surface area contributed by atoms with Crippen LogP contribution in [0.2, 0.25) is 0 Å². The Bertz CT molecular complexity index is 1280. The predicted octanol–water partition coefficient (Wildman–Crippen LogP) is 5.67. The van der Waals surface area contributed by atoms with Crippen LogP contribution in [0.15, 0.2) is 40.8 Å². The van der Waals surface area contributed by atoms with E-state index in [0.717, 1.165) is 42.5 Å². The Balaban J connectivity index is 1.59. The van der Waals surface area contributed by atoms with Gasteiger partial charge in [-0.3, -0.25) is 9.59 Å². The fourth-order valence-electron chi connectivity index (χ4n) is 5.32. The van der Waals surface area contributed by atoms with Gasteiger partial charge in [0.25, 0.3) is 5.91 Å². The van der Waals surface area contributed by atoms with Gasteiger partial charge in [-0.1, -0.05) is 13.8 Å². The first-order valence-corrected chi connectivity index (χ1v) is 12.4. The average Bonchev–Trinajstić information content (AvgIpc) is 3.25. The Labute approximate surface area is 204 Å². The lowest BCUT2D eigenvalue weighted by Crippen LogP contribution is -2.63. The van der Waals surface area contributed by atoms with Crippen molar-refractivity contribution in [3.63, 3.8) is 0 Å². The van der Waals surface area contributed by atoms with Crippen LogP contribution in [-0.2, 0) is 4.79 Å². The van der Waals surface area contributed by atoms with Gasteiger partial charge in [0.2, 0.25) is 5.91 Å². The van der Waals surface area contributed by atoms with E-state index in [4.69, 9.17) is 9.40 Å². The van der Waals surface area contributed by atoms with Gasteiger partial charge < -0.3 is 14.6 Å². The molecule has 7 heteroatoms. The second-order valence-corrected chi connectivity index (χ2v) is 11.1. The van der Waals surface area contributed by atoms with Crippen molar-refractivity contribution in [1.82, 2.24) is 15.2 Å². The molecule has 0 atom stereocenters. The average molecular weight is 478 g/mol. The van der Waals surface area contributed by atoms with Gasteiger partial charge in [0, 0.05) is 30.3 Å². The molecule has 3 aromatic rings. The smallest absolute Gasteiger partial charge is 0.290 e. The summed E-state index contributed by atoms with van der Waals surface area (Å²) < 4.78 is 19.8. The zero-order chi connectivity index (χ0) is 25.0. The molecule has 0 bridgehead atoms. The molecule has 1 aliphatic carbocycles. The van der Waals surface area contributed by atoms with Gasteiger partial charge >= 0.3 is 0 Å². The molecule has 2 aromatic heterocycles. The summed E-state index contributed by atoms with van der Waals surface area (Å²) in [5.74, 6) is -0.325. The standard InChI is InChI=1S/C28H32FN3O3/c1-27(2)11-9-17(10-12-27)20-15-21(18-5-7-19(29)8-6-18)31-22-16-23(35-24(20)22)25(33)32-14-13-30-26(34)28(32,3)4/h5-8,15-17H,9-14H2,1-4H3,(H,30,34). The van der Waals surface area contributed by atoms with Crippen molar-refractivity contribution in [1.29, 1.82) is 0 Å².